The molecule has 1 aromatic heterocycles. The van der Waals surface area contributed by atoms with E-state index in [9.17, 15) is 4.79 Å². The first-order valence-electron chi connectivity index (χ1n) is 8.17. The molecule has 0 saturated carbocycles. The molecule has 0 N–H and O–H groups in total. The Kier molecular flexibility index (Phi) is 6.16. The van der Waals surface area contributed by atoms with Crippen molar-refractivity contribution in [3.63, 3.8) is 0 Å². The fourth-order valence-electron chi connectivity index (χ4n) is 2.40. The van der Waals surface area contributed by atoms with Crippen molar-refractivity contribution in [3.05, 3.63) is 57.0 Å². The average molecular weight is 365 g/mol. The predicted molar refractivity (Wildman–Crippen MR) is 103 cm³/mol. The Morgan fingerprint density at radius 3 is 2.29 bits per heavy atom. The molecule has 1 heterocycles. The molecule has 0 bridgehead atoms. The molecule has 0 spiro atoms. The lowest BCUT2D eigenvalue weighted by Gasteiger charge is -2.21. The van der Waals surface area contributed by atoms with Gasteiger partial charge in [0.05, 0.1) is 16.6 Å². The van der Waals surface area contributed by atoms with Gasteiger partial charge < -0.3 is 0 Å². The number of rotatable bonds is 5. The van der Waals surface area contributed by atoms with Crippen LogP contribution in [0.15, 0.2) is 40.2 Å². The summed E-state index contributed by atoms with van der Waals surface area (Å²) >= 11 is 7.80. The molecule has 2 rings (SSSR count). The maximum atomic E-state index is 12.4. The van der Waals surface area contributed by atoms with Crippen molar-refractivity contribution in [1.82, 2.24) is 9.78 Å². The SMILES string of the molecule is CC(C)Cc1ccc(CSc2cnn(C(C)(C)C)c(=O)c2Cl)cc1. The van der Waals surface area contributed by atoms with Crippen LogP contribution in [0, 0.1) is 5.92 Å². The number of benzene rings is 1. The molecule has 0 aliphatic rings. The summed E-state index contributed by atoms with van der Waals surface area (Å²) in [6, 6.07) is 8.63. The summed E-state index contributed by atoms with van der Waals surface area (Å²) in [7, 11) is 0. The summed E-state index contributed by atoms with van der Waals surface area (Å²) in [5.74, 6) is 1.42. The van der Waals surface area contributed by atoms with Crippen molar-refractivity contribution < 1.29 is 0 Å². The van der Waals surface area contributed by atoms with Crippen LogP contribution in [0.5, 0.6) is 0 Å². The zero-order valence-corrected chi connectivity index (χ0v) is 16.5. The van der Waals surface area contributed by atoms with Gasteiger partial charge in [-0.3, -0.25) is 4.79 Å². The van der Waals surface area contributed by atoms with Gasteiger partial charge in [-0.25, -0.2) is 4.68 Å². The van der Waals surface area contributed by atoms with Crippen LogP contribution in [0.1, 0.15) is 45.7 Å². The monoisotopic (exact) mass is 364 g/mol. The second kappa shape index (κ2) is 7.75. The minimum absolute atomic E-state index is 0.235. The minimum atomic E-state index is -0.379. The van der Waals surface area contributed by atoms with E-state index in [-0.39, 0.29) is 16.1 Å². The van der Waals surface area contributed by atoms with Gasteiger partial charge in [0.1, 0.15) is 5.02 Å². The van der Waals surface area contributed by atoms with Crippen LogP contribution >= 0.6 is 23.4 Å². The van der Waals surface area contributed by atoms with Gasteiger partial charge in [-0.1, -0.05) is 49.7 Å². The summed E-state index contributed by atoms with van der Waals surface area (Å²) in [4.78, 5) is 13.1. The van der Waals surface area contributed by atoms with E-state index in [0.717, 1.165) is 17.1 Å². The Morgan fingerprint density at radius 1 is 1.17 bits per heavy atom. The molecule has 5 heteroatoms. The summed E-state index contributed by atoms with van der Waals surface area (Å²) in [6.07, 6.45) is 2.78. The largest absolute Gasteiger partial charge is 0.287 e. The zero-order valence-electron chi connectivity index (χ0n) is 15.0. The Balaban J connectivity index is 2.10. The van der Waals surface area contributed by atoms with Gasteiger partial charge in [0, 0.05) is 5.75 Å². The van der Waals surface area contributed by atoms with Crippen molar-refractivity contribution in [2.45, 2.75) is 57.2 Å². The lowest BCUT2D eigenvalue weighted by molar-refractivity contribution is 0.336. The summed E-state index contributed by atoms with van der Waals surface area (Å²) in [5.41, 5.74) is 1.95. The molecule has 0 fully saturated rings. The Morgan fingerprint density at radius 2 is 1.75 bits per heavy atom. The van der Waals surface area contributed by atoms with E-state index in [4.69, 9.17) is 11.6 Å². The number of hydrogen-bond donors (Lipinski definition) is 0. The molecule has 0 amide bonds. The molecule has 0 aliphatic carbocycles. The Labute approximate surface area is 153 Å². The van der Waals surface area contributed by atoms with Crippen LogP contribution in [-0.2, 0) is 17.7 Å². The van der Waals surface area contributed by atoms with Crippen molar-refractivity contribution in [2.24, 2.45) is 5.92 Å². The van der Waals surface area contributed by atoms with Crippen LogP contribution in [-0.4, -0.2) is 9.78 Å². The van der Waals surface area contributed by atoms with Crippen molar-refractivity contribution in [1.29, 1.82) is 0 Å². The topological polar surface area (TPSA) is 34.9 Å². The molecule has 0 aliphatic heterocycles. The van der Waals surface area contributed by atoms with Crippen LogP contribution in [0.4, 0.5) is 0 Å². The van der Waals surface area contributed by atoms with Gasteiger partial charge in [0.25, 0.3) is 5.56 Å². The van der Waals surface area contributed by atoms with Crippen LogP contribution in [0.25, 0.3) is 0 Å². The molecule has 2 aromatic rings. The molecule has 0 atom stereocenters. The van der Waals surface area contributed by atoms with E-state index in [2.05, 4.69) is 43.2 Å². The number of aromatic nitrogens is 2. The smallest absolute Gasteiger partial charge is 0.266 e. The van der Waals surface area contributed by atoms with Gasteiger partial charge in [-0.2, -0.15) is 5.10 Å². The van der Waals surface area contributed by atoms with Gasteiger partial charge >= 0.3 is 0 Å². The van der Waals surface area contributed by atoms with Gasteiger partial charge in [-0.15, -0.1) is 11.8 Å². The third-order valence-electron chi connectivity index (χ3n) is 3.58. The van der Waals surface area contributed by atoms with Gasteiger partial charge in [-0.05, 0) is 44.2 Å². The van der Waals surface area contributed by atoms with Gasteiger partial charge in [0.2, 0.25) is 0 Å². The van der Waals surface area contributed by atoms with Crippen LogP contribution in [0.2, 0.25) is 5.02 Å². The zero-order chi connectivity index (χ0) is 17.9. The standard InChI is InChI=1S/C19H25ClN2OS/c1-13(2)10-14-6-8-15(9-7-14)12-24-16-11-21-22(19(3,4)5)18(23)17(16)20/h6-9,11,13H,10,12H2,1-5H3. The van der Waals surface area contributed by atoms with Crippen LogP contribution in [0.3, 0.4) is 0 Å². The van der Waals surface area contributed by atoms with Crippen molar-refractivity contribution in [2.75, 3.05) is 0 Å². The maximum absolute atomic E-state index is 12.4. The molecule has 0 saturated heterocycles. The Bertz CT molecular complexity index is 745. The lowest BCUT2D eigenvalue weighted by atomic mass is 10.0. The van der Waals surface area contributed by atoms with E-state index in [1.165, 1.54) is 15.8 Å². The summed E-state index contributed by atoms with van der Waals surface area (Å²) in [6.45, 7) is 10.2. The highest BCUT2D eigenvalue weighted by Crippen LogP contribution is 2.27. The summed E-state index contributed by atoms with van der Waals surface area (Å²) in [5, 5.41) is 4.52. The fourth-order valence-corrected chi connectivity index (χ4v) is 3.54. The van der Waals surface area contributed by atoms with Crippen molar-refractivity contribution in [3.8, 4) is 0 Å². The maximum Gasteiger partial charge on any atom is 0.287 e. The second-order valence-electron chi connectivity index (χ2n) is 7.41. The van der Waals surface area contributed by atoms with E-state index in [1.807, 2.05) is 20.8 Å². The van der Waals surface area contributed by atoms with Crippen LogP contribution < -0.4 is 5.56 Å². The first kappa shape index (κ1) is 19.1. The number of nitrogens with zero attached hydrogens (tertiary/aromatic N) is 2. The molecule has 24 heavy (non-hydrogen) atoms. The molecule has 130 valence electrons. The van der Waals surface area contributed by atoms with E-state index in [0.29, 0.717) is 5.92 Å². The molecule has 1 aromatic carbocycles. The highest BCUT2D eigenvalue weighted by Gasteiger charge is 2.19. The highest BCUT2D eigenvalue weighted by molar-refractivity contribution is 7.98. The minimum Gasteiger partial charge on any atom is -0.266 e. The molecular formula is C19H25ClN2OS. The van der Waals surface area contributed by atoms with E-state index < -0.39 is 0 Å². The van der Waals surface area contributed by atoms with E-state index >= 15 is 0 Å². The average Bonchev–Trinajstić information content (AvgIpc) is 2.48. The molecule has 0 radical (unpaired) electrons. The van der Waals surface area contributed by atoms with E-state index in [1.54, 1.807) is 18.0 Å². The molecular weight excluding hydrogens is 340 g/mol. The fraction of sp³-hybridized carbons (Fsp3) is 0.474. The quantitative estimate of drug-likeness (QED) is 0.689. The molecule has 3 nitrogen and oxygen atoms in total. The number of hydrogen-bond acceptors (Lipinski definition) is 3. The second-order valence-corrected chi connectivity index (χ2v) is 8.81. The van der Waals surface area contributed by atoms with Crippen molar-refractivity contribution >= 4 is 23.4 Å². The third kappa shape index (κ3) is 4.87. The number of thioether (sulfide) groups is 1. The number of halogens is 1. The first-order valence-corrected chi connectivity index (χ1v) is 9.53. The summed E-state index contributed by atoms with van der Waals surface area (Å²) < 4.78 is 1.43. The highest BCUT2D eigenvalue weighted by atomic mass is 35.5. The lowest BCUT2D eigenvalue weighted by Crippen LogP contribution is -2.36. The molecule has 0 unspecified atom stereocenters. The predicted octanol–water partition coefficient (Wildman–Crippen LogP) is 5.14. The Hall–Kier alpha value is -1.26. The van der Waals surface area contributed by atoms with Gasteiger partial charge in [0.15, 0.2) is 0 Å². The third-order valence-corrected chi connectivity index (χ3v) is 5.16. The first-order chi connectivity index (χ1) is 11.2. The normalized spacial score (nSPS) is 12.0.